The Kier molecular flexibility index (Phi) is 7.49. The third kappa shape index (κ3) is 6.91. The van der Waals surface area contributed by atoms with E-state index < -0.39 is 18.1 Å². The van der Waals surface area contributed by atoms with E-state index in [1.54, 1.807) is 0 Å². The Morgan fingerprint density at radius 1 is 1.35 bits per heavy atom. The Labute approximate surface area is 102 Å². The van der Waals surface area contributed by atoms with Gasteiger partial charge >= 0.3 is 0 Å². The number of carbonyl (C=O) groups excluding carboxylic acids is 2. The van der Waals surface area contributed by atoms with Crippen molar-refractivity contribution in [3.05, 3.63) is 0 Å². The van der Waals surface area contributed by atoms with E-state index in [4.69, 9.17) is 5.73 Å². The van der Waals surface area contributed by atoms with E-state index in [2.05, 4.69) is 10.6 Å². The van der Waals surface area contributed by atoms with Gasteiger partial charge < -0.3 is 21.5 Å². The van der Waals surface area contributed by atoms with Crippen LogP contribution in [0.15, 0.2) is 0 Å². The minimum absolute atomic E-state index is 0.0201. The molecule has 2 unspecified atom stereocenters. The van der Waals surface area contributed by atoms with Crippen LogP contribution in [0.3, 0.4) is 0 Å². The Morgan fingerprint density at radius 2 is 1.94 bits per heavy atom. The summed E-state index contributed by atoms with van der Waals surface area (Å²) in [5.41, 5.74) is 5.60. The summed E-state index contributed by atoms with van der Waals surface area (Å²) >= 11 is 0. The van der Waals surface area contributed by atoms with Gasteiger partial charge in [0.25, 0.3) is 5.91 Å². The summed E-state index contributed by atoms with van der Waals surface area (Å²) in [6.45, 7) is 5.42. The maximum absolute atomic E-state index is 11.4. The van der Waals surface area contributed by atoms with Gasteiger partial charge in [0.05, 0.1) is 6.54 Å². The first-order chi connectivity index (χ1) is 7.88. The van der Waals surface area contributed by atoms with E-state index >= 15 is 0 Å². The first-order valence-corrected chi connectivity index (χ1v) is 5.89. The minimum Gasteiger partial charge on any atom is -0.382 e. The summed E-state index contributed by atoms with van der Waals surface area (Å²) in [4.78, 5) is 22.7. The molecule has 0 saturated carbocycles. The van der Waals surface area contributed by atoms with Gasteiger partial charge in [-0.05, 0) is 20.3 Å². The number of hydrogen-bond acceptors (Lipinski definition) is 4. The molecule has 100 valence electrons. The first-order valence-electron chi connectivity index (χ1n) is 5.89. The molecule has 6 nitrogen and oxygen atoms in total. The highest BCUT2D eigenvalue weighted by atomic mass is 16.3. The fourth-order valence-electron chi connectivity index (χ4n) is 1.33. The average molecular weight is 245 g/mol. The lowest BCUT2D eigenvalue weighted by Gasteiger charge is -2.17. The molecular formula is C11H23N3O3. The first kappa shape index (κ1) is 15.9. The van der Waals surface area contributed by atoms with Crippen molar-refractivity contribution in [3.8, 4) is 0 Å². The van der Waals surface area contributed by atoms with E-state index in [1.165, 1.54) is 0 Å². The Balaban J connectivity index is 3.96. The van der Waals surface area contributed by atoms with Crippen molar-refractivity contribution in [3.63, 3.8) is 0 Å². The maximum atomic E-state index is 11.4. The summed E-state index contributed by atoms with van der Waals surface area (Å²) in [5.74, 6) is -0.894. The molecule has 0 aliphatic rings. The summed E-state index contributed by atoms with van der Waals surface area (Å²) in [6, 6.07) is -0.570. The van der Waals surface area contributed by atoms with Gasteiger partial charge in [0.2, 0.25) is 5.91 Å². The van der Waals surface area contributed by atoms with Crippen LogP contribution in [-0.2, 0) is 9.59 Å². The second kappa shape index (κ2) is 8.03. The molecule has 0 fully saturated rings. The van der Waals surface area contributed by atoms with Crippen LogP contribution in [0, 0.1) is 0 Å². The fraction of sp³-hybridized carbons (Fsp3) is 0.818. The summed E-state index contributed by atoms with van der Waals surface area (Å²) in [7, 11) is 0. The minimum atomic E-state index is -1.26. The summed E-state index contributed by atoms with van der Waals surface area (Å²) in [6.07, 6.45) is 0.0911. The molecule has 0 heterocycles. The van der Waals surface area contributed by atoms with E-state index in [0.29, 0.717) is 6.42 Å². The topological polar surface area (TPSA) is 104 Å². The van der Waals surface area contributed by atoms with Gasteiger partial charge in [-0.3, -0.25) is 9.59 Å². The van der Waals surface area contributed by atoms with Gasteiger partial charge in [-0.1, -0.05) is 13.3 Å². The van der Waals surface area contributed by atoms with Crippen molar-refractivity contribution in [1.82, 2.24) is 10.6 Å². The molecular weight excluding hydrogens is 222 g/mol. The molecule has 2 amide bonds. The van der Waals surface area contributed by atoms with Crippen LogP contribution in [0.1, 0.15) is 33.6 Å². The second-order valence-electron chi connectivity index (χ2n) is 4.34. The number of aliphatic hydroxyl groups excluding tert-OH is 1. The molecule has 0 aromatic rings. The average Bonchev–Trinajstić information content (AvgIpc) is 2.24. The molecule has 0 radical (unpaired) electrons. The lowest BCUT2D eigenvalue weighted by molar-refractivity contribution is -0.132. The van der Waals surface area contributed by atoms with Gasteiger partial charge in [-0.15, -0.1) is 0 Å². The monoisotopic (exact) mass is 245 g/mol. The molecule has 0 rings (SSSR count). The zero-order valence-corrected chi connectivity index (χ0v) is 10.7. The molecule has 0 aliphatic heterocycles. The largest absolute Gasteiger partial charge is 0.382 e. The van der Waals surface area contributed by atoms with Crippen molar-refractivity contribution >= 4 is 11.8 Å². The van der Waals surface area contributed by atoms with Gasteiger partial charge in [-0.25, -0.2) is 0 Å². The number of carbonyl (C=O) groups is 2. The van der Waals surface area contributed by atoms with Crippen molar-refractivity contribution in [2.75, 3.05) is 6.54 Å². The molecule has 2 atom stereocenters. The second-order valence-corrected chi connectivity index (χ2v) is 4.34. The van der Waals surface area contributed by atoms with E-state index in [0.717, 1.165) is 6.42 Å². The van der Waals surface area contributed by atoms with Crippen LogP contribution in [0.2, 0.25) is 0 Å². The number of hydrogen-bond donors (Lipinski definition) is 4. The normalized spacial score (nSPS) is 14.2. The van der Waals surface area contributed by atoms with Crippen LogP contribution in [0.5, 0.6) is 0 Å². The molecule has 0 bridgehead atoms. The molecule has 5 N–H and O–H groups in total. The highest BCUT2D eigenvalue weighted by Crippen LogP contribution is 1.99. The number of nitrogens with one attached hydrogen (secondary N) is 2. The molecule has 0 aliphatic carbocycles. The van der Waals surface area contributed by atoms with Crippen LogP contribution < -0.4 is 16.4 Å². The third-order valence-corrected chi connectivity index (χ3v) is 2.17. The molecule has 17 heavy (non-hydrogen) atoms. The third-order valence-electron chi connectivity index (χ3n) is 2.17. The van der Waals surface area contributed by atoms with Crippen molar-refractivity contribution < 1.29 is 14.7 Å². The molecule has 0 aromatic heterocycles. The van der Waals surface area contributed by atoms with Crippen LogP contribution >= 0.6 is 0 Å². The molecule has 0 saturated heterocycles. The predicted octanol–water partition coefficient (Wildman–Crippen LogP) is -0.884. The highest BCUT2D eigenvalue weighted by molar-refractivity contribution is 5.87. The molecule has 0 spiro atoms. The maximum Gasteiger partial charge on any atom is 0.250 e. The number of amides is 2. The van der Waals surface area contributed by atoms with E-state index in [-0.39, 0.29) is 18.5 Å². The van der Waals surface area contributed by atoms with Gasteiger partial charge in [0, 0.05) is 12.1 Å². The van der Waals surface area contributed by atoms with Crippen molar-refractivity contribution in [2.24, 2.45) is 5.73 Å². The number of aliphatic hydroxyl groups is 1. The number of rotatable bonds is 7. The summed E-state index contributed by atoms with van der Waals surface area (Å²) in [5, 5.41) is 14.5. The van der Waals surface area contributed by atoms with Crippen molar-refractivity contribution in [2.45, 2.75) is 51.8 Å². The quantitative estimate of drug-likeness (QED) is 0.467. The fourth-order valence-corrected chi connectivity index (χ4v) is 1.33. The van der Waals surface area contributed by atoms with Gasteiger partial charge in [0.15, 0.2) is 0 Å². The van der Waals surface area contributed by atoms with E-state index in [1.807, 2.05) is 20.8 Å². The highest BCUT2D eigenvalue weighted by Gasteiger charge is 2.22. The van der Waals surface area contributed by atoms with Gasteiger partial charge in [-0.2, -0.15) is 0 Å². The SMILES string of the molecule is CCCC(N)C(O)C(=O)NCC(=O)NC(C)C. The van der Waals surface area contributed by atoms with Crippen LogP contribution in [0.4, 0.5) is 0 Å². The predicted molar refractivity (Wildman–Crippen MR) is 65.2 cm³/mol. The molecule has 6 heteroatoms. The standard InChI is InChI=1S/C11H23N3O3/c1-4-5-8(12)10(16)11(17)13-6-9(15)14-7(2)3/h7-8,10,16H,4-6,12H2,1-3H3,(H,13,17)(H,14,15). The van der Waals surface area contributed by atoms with Gasteiger partial charge in [0.1, 0.15) is 6.10 Å². The smallest absolute Gasteiger partial charge is 0.250 e. The van der Waals surface area contributed by atoms with Crippen LogP contribution in [-0.4, -0.2) is 41.7 Å². The van der Waals surface area contributed by atoms with Crippen LogP contribution in [0.25, 0.3) is 0 Å². The Bertz CT molecular complexity index is 256. The van der Waals surface area contributed by atoms with E-state index in [9.17, 15) is 14.7 Å². The lowest BCUT2D eigenvalue weighted by Crippen LogP contribution is -2.49. The Hall–Kier alpha value is -1.14. The van der Waals surface area contributed by atoms with Crippen molar-refractivity contribution in [1.29, 1.82) is 0 Å². The zero-order chi connectivity index (χ0) is 13.4. The Morgan fingerprint density at radius 3 is 2.41 bits per heavy atom. The lowest BCUT2D eigenvalue weighted by atomic mass is 10.1. The summed E-state index contributed by atoms with van der Waals surface area (Å²) < 4.78 is 0. The number of nitrogens with two attached hydrogens (primary N) is 1. The molecule has 0 aromatic carbocycles. The zero-order valence-electron chi connectivity index (χ0n) is 10.7.